The van der Waals surface area contributed by atoms with Gasteiger partial charge in [-0.25, -0.2) is 4.79 Å². The Balaban J connectivity index is 2.90. The van der Waals surface area contributed by atoms with Crippen LogP contribution >= 0.6 is 0 Å². The normalized spacial score (nSPS) is 10.5. The molecule has 0 aliphatic carbocycles. The maximum absolute atomic E-state index is 11.5. The van der Waals surface area contributed by atoms with Gasteiger partial charge in [0.15, 0.2) is 11.5 Å². The highest BCUT2D eigenvalue weighted by Crippen LogP contribution is 2.15. The molecule has 0 saturated heterocycles. The average molecular weight is 196 g/mol. The number of aromatic carboxylic acids is 1. The van der Waals surface area contributed by atoms with Crippen LogP contribution in [-0.2, 0) is 0 Å². The third-order valence-electron chi connectivity index (χ3n) is 1.74. The largest absolute Gasteiger partial charge is 0.478 e. The number of hydrogen-bond donors (Lipinski definition) is 1. The molecule has 1 heterocycles. The maximum atomic E-state index is 11.5. The van der Waals surface area contributed by atoms with Crippen molar-refractivity contribution in [3.8, 4) is 0 Å². The Morgan fingerprint density at radius 1 is 1.50 bits per heavy atom. The van der Waals surface area contributed by atoms with E-state index in [4.69, 9.17) is 9.52 Å². The molecule has 0 aliphatic heterocycles. The molecule has 0 bridgehead atoms. The Morgan fingerprint density at radius 2 is 2.14 bits per heavy atom. The summed E-state index contributed by atoms with van der Waals surface area (Å²) in [5, 5.41) is 8.73. The van der Waals surface area contributed by atoms with Crippen molar-refractivity contribution in [3.63, 3.8) is 0 Å². The van der Waals surface area contributed by atoms with Gasteiger partial charge in [0.1, 0.15) is 5.56 Å². The van der Waals surface area contributed by atoms with Crippen LogP contribution in [0.4, 0.5) is 0 Å². The van der Waals surface area contributed by atoms with E-state index in [9.17, 15) is 9.59 Å². The van der Waals surface area contributed by atoms with Crippen molar-refractivity contribution in [3.05, 3.63) is 23.7 Å². The minimum absolute atomic E-state index is 0.0498. The van der Waals surface area contributed by atoms with Gasteiger partial charge in [0.25, 0.3) is 0 Å². The molecule has 1 aromatic heterocycles. The van der Waals surface area contributed by atoms with Gasteiger partial charge in [0.05, 0.1) is 6.26 Å². The fourth-order valence-corrected chi connectivity index (χ4v) is 1.16. The van der Waals surface area contributed by atoms with Crippen molar-refractivity contribution in [2.75, 3.05) is 0 Å². The monoisotopic (exact) mass is 196 g/mol. The second-order valence-electron chi connectivity index (χ2n) is 3.49. The zero-order valence-electron chi connectivity index (χ0n) is 8.11. The molecule has 0 aromatic carbocycles. The Morgan fingerprint density at radius 3 is 2.64 bits per heavy atom. The number of carbonyl (C=O) groups is 2. The predicted molar refractivity (Wildman–Crippen MR) is 49.5 cm³/mol. The van der Waals surface area contributed by atoms with Crippen molar-refractivity contribution < 1.29 is 19.1 Å². The summed E-state index contributed by atoms with van der Waals surface area (Å²) in [5.74, 6) is -1.26. The summed E-state index contributed by atoms with van der Waals surface area (Å²) in [5.41, 5.74) is -0.0596. The SMILES string of the molecule is CC(C)CC(=O)c1occc1C(=O)O. The molecule has 4 heteroatoms. The molecule has 0 unspecified atom stereocenters. The summed E-state index contributed by atoms with van der Waals surface area (Å²) in [7, 11) is 0. The lowest BCUT2D eigenvalue weighted by Crippen LogP contribution is -2.08. The van der Waals surface area contributed by atoms with Crippen molar-refractivity contribution in [2.24, 2.45) is 5.92 Å². The number of furan rings is 1. The fourth-order valence-electron chi connectivity index (χ4n) is 1.16. The summed E-state index contributed by atoms with van der Waals surface area (Å²) < 4.78 is 4.86. The van der Waals surface area contributed by atoms with Crippen LogP contribution in [0.15, 0.2) is 16.7 Å². The van der Waals surface area contributed by atoms with E-state index in [1.165, 1.54) is 12.3 Å². The summed E-state index contributed by atoms with van der Waals surface area (Å²) >= 11 is 0. The number of carboxylic acids is 1. The number of rotatable bonds is 4. The number of hydrogen-bond acceptors (Lipinski definition) is 3. The van der Waals surface area contributed by atoms with Crippen molar-refractivity contribution in [1.29, 1.82) is 0 Å². The molecule has 76 valence electrons. The van der Waals surface area contributed by atoms with Crippen molar-refractivity contribution >= 4 is 11.8 Å². The number of carboxylic acid groups (broad SMARTS) is 1. The molecule has 0 fully saturated rings. The van der Waals surface area contributed by atoms with Crippen LogP contribution in [0.5, 0.6) is 0 Å². The smallest absolute Gasteiger partial charge is 0.339 e. The van der Waals surface area contributed by atoms with Gasteiger partial charge in [-0.15, -0.1) is 0 Å². The van der Waals surface area contributed by atoms with Gasteiger partial charge in [-0.2, -0.15) is 0 Å². The molecular formula is C10H12O4. The van der Waals surface area contributed by atoms with E-state index in [0.29, 0.717) is 6.42 Å². The first-order valence-electron chi connectivity index (χ1n) is 4.36. The Hall–Kier alpha value is -1.58. The van der Waals surface area contributed by atoms with E-state index in [1.807, 2.05) is 13.8 Å². The van der Waals surface area contributed by atoms with E-state index < -0.39 is 5.97 Å². The first kappa shape index (κ1) is 10.5. The predicted octanol–water partition coefficient (Wildman–Crippen LogP) is 2.21. The van der Waals surface area contributed by atoms with Crippen molar-refractivity contribution in [1.82, 2.24) is 0 Å². The van der Waals surface area contributed by atoms with Gasteiger partial charge < -0.3 is 9.52 Å². The van der Waals surface area contributed by atoms with Crippen LogP contribution < -0.4 is 0 Å². The Bertz CT molecular complexity index is 349. The zero-order valence-corrected chi connectivity index (χ0v) is 8.11. The Labute approximate surface area is 81.5 Å². The number of ketones is 1. The maximum Gasteiger partial charge on any atom is 0.339 e. The van der Waals surface area contributed by atoms with Crippen LogP contribution in [0.1, 0.15) is 41.2 Å². The van der Waals surface area contributed by atoms with E-state index in [0.717, 1.165) is 0 Å². The third kappa shape index (κ3) is 2.22. The standard InChI is InChI=1S/C10H12O4/c1-6(2)5-8(11)9-7(10(12)13)3-4-14-9/h3-4,6H,5H2,1-2H3,(H,12,13). The van der Waals surface area contributed by atoms with Crippen molar-refractivity contribution in [2.45, 2.75) is 20.3 Å². The summed E-state index contributed by atoms with van der Waals surface area (Å²) in [6, 6.07) is 1.29. The molecule has 4 nitrogen and oxygen atoms in total. The van der Waals surface area contributed by atoms with Crippen LogP contribution in [0.3, 0.4) is 0 Å². The molecule has 0 atom stereocenters. The first-order chi connectivity index (χ1) is 6.52. The quantitative estimate of drug-likeness (QED) is 0.749. The summed E-state index contributed by atoms with van der Waals surface area (Å²) in [6.07, 6.45) is 1.52. The zero-order chi connectivity index (χ0) is 10.7. The molecule has 1 N–H and O–H groups in total. The highest BCUT2D eigenvalue weighted by Gasteiger charge is 2.20. The topological polar surface area (TPSA) is 67.5 Å². The highest BCUT2D eigenvalue weighted by molar-refractivity contribution is 6.03. The van der Waals surface area contributed by atoms with Gasteiger partial charge >= 0.3 is 5.97 Å². The molecule has 0 amide bonds. The van der Waals surface area contributed by atoms with Crippen LogP contribution in [0.2, 0.25) is 0 Å². The van der Waals surface area contributed by atoms with E-state index >= 15 is 0 Å². The molecule has 1 aromatic rings. The molecule has 0 saturated carbocycles. The summed E-state index contributed by atoms with van der Waals surface area (Å²) in [6.45, 7) is 3.78. The lowest BCUT2D eigenvalue weighted by Gasteiger charge is -2.01. The molecule has 0 spiro atoms. The van der Waals surface area contributed by atoms with Gasteiger partial charge in [-0.1, -0.05) is 13.8 Å². The van der Waals surface area contributed by atoms with E-state index in [-0.39, 0.29) is 23.0 Å². The van der Waals surface area contributed by atoms with Crippen LogP contribution in [-0.4, -0.2) is 16.9 Å². The van der Waals surface area contributed by atoms with Gasteiger partial charge in [0.2, 0.25) is 0 Å². The molecule has 0 radical (unpaired) electrons. The second-order valence-corrected chi connectivity index (χ2v) is 3.49. The summed E-state index contributed by atoms with van der Waals surface area (Å²) in [4.78, 5) is 22.1. The van der Waals surface area contributed by atoms with Gasteiger partial charge in [0, 0.05) is 6.42 Å². The second kappa shape index (κ2) is 4.09. The van der Waals surface area contributed by atoms with E-state index in [1.54, 1.807) is 0 Å². The first-order valence-corrected chi connectivity index (χ1v) is 4.36. The molecule has 1 rings (SSSR count). The van der Waals surface area contributed by atoms with E-state index in [2.05, 4.69) is 0 Å². The Kier molecular flexibility index (Phi) is 3.06. The number of carbonyl (C=O) groups excluding carboxylic acids is 1. The minimum atomic E-state index is -1.13. The fraction of sp³-hybridized carbons (Fsp3) is 0.400. The van der Waals surface area contributed by atoms with Gasteiger partial charge in [-0.3, -0.25) is 4.79 Å². The molecular weight excluding hydrogens is 184 g/mol. The van der Waals surface area contributed by atoms with Crippen LogP contribution in [0, 0.1) is 5.92 Å². The van der Waals surface area contributed by atoms with Crippen LogP contribution in [0.25, 0.3) is 0 Å². The van der Waals surface area contributed by atoms with Gasteiger partial charge in [-0.05, 0) is 12.0 Å². The third-order valence-corrected chi connectivity index (χ3v) is 1.74. The lowest BCUT2D eigenvalue weighted by molar-refractivity contribution is 0.0688. The lowest BCUT2D eigenvalue weighted by atomic mass is 10.0. The molecule has 0 aliphatic rings. The number of Topliss-reactive ketones (excluding diaryl/α,β-unsaturated/α-hetero) is 1. The minimum Gasteiger partial charge on any atom is -0.478 e. The molecule has 14 heavy (non-hydrogen) atoms. The average Bonchev–Trinajstić information content (AvgIpc) is 2.49. The highest BCUT2D eigenvalue weighted by atomic mass is 16.4.